The summed E-state index contributed by atoms with van der Waals surface area (Å²) in [5.74, 6) is -0.667. The van der Waals surface area contributed by atoms with Gasteiger partial charge in [0.15, 0.2) is 17.6 Å². The molecule has 4 heterocycles. The van der Waals surface area contributed by atoms with Gasteiger partial charge in [-0.2, -0.15) is 0 Å². The zero-order valence-corrected chi connectivity index (χ0v) is 34.1. The molecule has 0 aliphatic carbocycles. The van der Waals surface area contributed by atoms with Gasteiger partial charge in [0.05, 0.1) is 16.2 Å². The first kappa shape index (κ1) is 40.3. The van der Waals surface area contributed by atoms with Crippen LogP contribution in [0.4, 0.5) is 0 Å². The average molecular weight is 845 g/mol. The Morgan fingerprint density at radius 1 is 0.883 bits per heavy atom. The smallest absolute Gasteiger partial charge is 0.326 e. The molecule has 2 amide bonds. The highest BCUT2D eigenvalue weighted by Crippen LogP contribution is 2.41. The number of fused-ring (bicyclic) bond motifs is 2. The SMILES string of the molecule is Cc1nccc(-c2ccc(CC(NC(=O)C3Cc4cc5c(cc4CN3C(=O)c3cnccn3)OC(c3ccc(OCc4ccc(Cl)c(Cl)c4)cc3)CO5)C(=O)O)cc2)c1C. The van der Waals surface area contributed by atoms with Gasteiger partial charge < -0.3 is 29.5 Å². The molecule has 8 rings (SSSR count). The van der Waals surface area contributed by atoms with Crippen LogP contribution in [0, 0.1) is 13.8 Å². The first-order chi connectivity index (χ1) is 29.0. The summed E-state index contributed by atoms with van der Waals surface area (Å²) in [7, 11) is 0. The fourth-order valence-corrected chi connectivity index (χ4v) is 7.69. The minimum Gasteiger partial charge on any atom is -0.489 e. The monoisotopic (exact) mass is 843 g/mol. The number of nitrogens with zero attached hydrogens (tertiary/aromatic N) is 4. The standard InChI is InChI=1S/C46H39Cl2N5O7/c1-26-27(2)50-14-13-35(26)30-6-3-28(4-7-30)18-38(46(56)57)52-44(54)40-19-32-20-41-42(21-33(32)23-53(40)45(55)39-22-49-15-16-51-39)60-43(25-59-41)31-8-10-34(11-9-31)58-24-29-5-12-36(47)37(48)17-29/h3-17,20-22,38,40,43H,18-19,23-25H2,1-2H3,(H,52,54)(H,56,57). The number of ether oxygens (including phenoxy) is 3. The van der Waals surface area contributed by atoms with E-state index in [-0.39, 0.29) is 31.7 Å². The number of aryl methyl sites for hydroxylation is 1. The van der Waals surface area contributed by atoms with Crippen LogP contribution < -0.4 is 19.5 Å². The van der Waals surface area contributed by atoms with E-state index in [0.717, 1.165) is 50.2 Å². The van der Waals surface area contributed by atoms with E-state index in [2.05, 4.69) is 20.3 Å². The van der Waals surface area contributed by atoms with E-state index < -0.39 is 36.0 Å². The van der Waals surface area contributed by atoms with Gasteiger partial charge in [0.2, 0.25) is 5.91 Å². The van der Waals surface area contributed by atoms with E-state index in [0.29, 0.717) is 33.9 Å². The van der Waals surface area contributed by atoms with E-state index in [4.69, 9.17) is 37.4 Å². The van der Waals surface area contributed by atoms with Crippen LogP contribution in [0.1, 0.15) is 55.7 Å². The first-order valence-electron chi connectivity index (χ1n) is 19.2. The summed E-state index contributed by atoms with van der Waals surface area (Å²) in [5.41, 5.74) is 8.06. The quantitative estimate of drug-likeness (QED) is 0.132. The van der Waals surface area contributed by atoms with Crippen molar-refractivity contribution in [3.8, 4) is 28.4 Å². The predicted molar refractivity (Wildman–Crippen MR) is 224 cm³/mol. The number of carbonyl (C=O) groups excluding carboxylic acids is 2. The van der Waals surface area contributed by atoms with Gasteiger partial charge in [0.25, 0.3) is 5.91 Å². The van der Waals surface area contributed by atoms with E-state index in [9.17, 15) is 19.5 Å². The summed E-state index contributed by atoms with van der Waals surface area (Å²) in [4.78, 5) is 54.7. The lowest BCUT2D eigenvalue weighted by atomic mass is 9.91. The van der Waals surface area contributed by atoms with Crippen LogP contribution in [0.2, 0.25) is 10.0 Å². The normalized spacial score (nSPS) is 16.0. The molecule has 0 saturated heterocycles. The maximum atomic E-state index is 14.1. The van der Waals surface area contributed by atoms with Crippen LogP contribution in [0.15, 0.2) is 110 Å². The van der Waals surface area contributed by atoms with Crippen molar-refractivity contribution in [3.05, 3.63) is 165 Å². The molecule has 14 heteroatoms. The van der Waals surface area contributed by atoms with Gasteiger partial charge in [-0.15, -0.1) is 0 Å². The molecular formula is C46H39Cl2N5O7. The maximum Gasteiger partial charge on any atom is 0.326 e. The summed E-state index contributed by atoms with van der Waals surface area (Å²) >= 11 is 12.2. The Hall–Kier alpha value is -6.50. The Morgan fingerprint density at radius 2 is 1.65 bits per heavy atom. The zero-order chi connectivity index (χ0) is 41.9. The van der Waals surface area contributed by atoms with E-state index in [1.54, 1.807) is 18.3 Å². The minimum atomic E-state index is -1.26. The second-order valence-electron chi connectivity index (χ2n) is 14.7. The summed E-state index contributed by atoms with van der Waals surface area (Å²) in [6, 6.07) is 23.7. The molecule has 0 radical (unpaired) electrons. The van der Waals surface area contributed by atoms with Crippen LogP contribution >= 0.6 is 23.2 Å². The number of carboxylic acids is 1. The Morgan fingerprint density at radius 3 is 2.38 bits per heavy atom. The number of rotatable bonds is 11. The molecule has 6 aromatic rings. The molecule has 4 aromatic carbocycles. The molecule has 0 fully saturated rings. The van der Waals surface area contributed by atoms with Crippen molar-refractivity contribution in [1.29, 1.82) is 0 Å². The van der Waals surface area contributed by atoms with Crippen LogP contribution in [0.5, 0.6) is 17.2 Å². The number of carboxylic acid groups (broad SMARTS) is 1. The van der Waals surface area contributed by atoms with Crippen LogP contribution in [-0.4, -0.2) is 61.4 Å². The number of aliphatic carboxylic acids is 1. The van der Waals surface area contributed by atoms with Crippen molar-refractivity contribution >= 4 is 41.0 Å². The third-order valence-corrected chi connectivity index (χ3v) is 11.6. The molecule has 3 unspecified atom stereocenters. The molecule has 3 atom stereocenters. The highest BCUT2D eigenvalue weighted by molar-refractivity contribution is 6.42. The van der Waals surface area contributed by atoms with Crippen molar-refractivity contribution in [2.75, 3.05) is 6.61 Å². The number of halogens is 2. The fraction of sp³-hybridized carbons (Fsp3) is 0.217. The molecule has 0 saturated carbocycles. The molecule has 2 aliphatic rings. The van der Waals surface area contributed by atoms with Crippen LogP contribution in [0.25, 0.3) is 11.1 Å². The maximum absolute atomic E-state index is 14.1. The van der Waals surface area contributed by atoms with Crippen molar-refractivity contribution in [3.63, 3.8) is 0 Å². The number of hydrogen-bond acceptors (Lipinski definition) is 9. The predicted octanol–water partition coefficient (Wildman–Crippen LogP) is 7.93. The van der Waals surface area contributed by atoms with Gasteiger partial charge in [-0.3, -0.25) is 19.6 Å². The van der Waals surface area contributed by atoms with Gasteiger partial charge in [0.1, 0.15) is 36.7 Å². The molecule has 2 aliphatic heterocycles. The second kappa shape index (κ2) is 17.4. The van der Waals surface area contributed by atoms with Crippen LogP contribution in [0.3, 0.4) is 0 Å². The van der Waals surface area contributed by atoms with E-state index in [1.165, 1.54) is 23.5 Å². The molecule has 2 aromatic heterocycles. The van der Waals surface area contributed by atoms with Crippen molar-refractivity contribution < 1.29 is 33.7 Å². The average Bonchev–Trinajstić information content (AvgIpc) is 3.26. The van der Waals surface area contributed by atoms with Crippen molar-refractivity contribution in [2.45, 2.75) is 58.0 Å². The number of hydrogen-bond donors (Lipinski definition) is 2. The number of benzene rings is 4. The summed E-state index contributed by atoms with van der Waals surface area (Å²) in [6.45, 7) is 4.54. The number of aromatic nitrogens is 3. The van der Waals surface area contributed by atoms with Gasteiger partial charge in [-0.1, -0.05) is 65.7 Å². The van der Waals surface area contributed by atoms with E-state index >= 15 is 0 Å². The zero-order valence-electron chi connectivity index (χ0n) is 32.6. The first-order valence-corrected chi connectivity index (χ1v) is 20.0. The molecule has 304 valence electrons. The van der Waals surface area contributed by atoms with Crippen LogP contribution in [-0.2, 0) is 35.6 Å². The molecule has 60 heavy (non-hydrogen) atoms. The third-order valence-electron chi connectivity index (χ3n) is 10.8. The summed E-state index contributed by atoms with van der Waals surface area (Å²) in [6.07, 6.45) is 5.66. The minimum absolute atomic E-state index is 0.0299. The Labute approximate surface area is 356 Å². The summed E-state index contributed by atoms with van der Waals surface area (Å²) in [5, 5.41) is 13.9. The van der Waals surface area contributed by atoms with Gasteiger partial charge in [-0.05, 0) is 101 Å². The third kappa shape index (κ3) is 8.75. The number of pyridine rings is 1. The number of carbonyl (C=O) groups is 3. The number of amides is 2. The van der Waals surface area contributed by atoms with E-state index in [1.807, 2.05) is 86.6 Å². The molecule has 0 bridgehead atoms. The van der Waals surface area contributed by atoms with Crippen molar-refractivity contribution in [1.82, 2.24) is 25.2 Å². The van der Waals surface area contributed by atoms with Crippen molar-refractivity contribution in [2.24, 2.45) is 0 Å². The molecule has 12 nitrogen and oxygen atoms in total. The lowest BCUT2D eigenvalue weighted by Crippen LogP contribution is -2.56. The Kier molecular flexibility index (Phi) is 11.7. The highest BCUT2D eigenvalue weighted by Gasteiger charge is 2.38. The lowest BCUT2D eigenvalue weighted by Gasteiger charge is -2.37. The molecule has 2 N–H and O–H groups in total. The van der Waals surface area contributed by atoms with Gasteiger partial charge >= 0.3 is 5.97 Å². The Bertz CT molecular complexity index is 2570. The van der Waals surface area contributed by atoms with Gasteiger partial charge in [0, 0.05) is 43.7 Å². The molecular weight excluding hydrogens is 805 g/mol. The Balaban J connectivity index is 0.981. The fourth-order valence-electron chi connectivity index (χ4n) is 7.37. The topological polar surface area (TPSA) is 153 Å². The number of nitrogens with one attached hydrogen (secondary N) is 1. The van der Waals surface area contributed by atoms with Gasteiger partial charge in [-0.25, -0.2) is 9.78 Å². The largest absolute Gasteiger partial charge is 0.489 e. The second-order valence-corrected chi connectivity index (χ2v) is 15.5. The highest BCUT2D eigenvalue weighted by atomic mass is 35.5. The molecule has 0 spiro atoms. The summed E-state index contributed by atoms with van der Waals surface area (Å²) < 4.78 is 18.6. The lowest BCUT2D eigenvalue weighted by molar-refractivity contribution is -0.142.